The lowest BCUT2D eigenvalue weighted by molar-refractivity contribution is -0.384. The van der Waals surface area contributed by atoms with Gasteiger partial charge >= 0.3 is 6.18 Å². The van der Waals surface area contributed by atoms with Crippen LogP contribution in [-0.4, -0.2) is 35.0 Å². The SMILES string of the molecule is CCCN(CC(F)(F)F)C(=O)c1ccc([N+](=O)[O-])c(Cl)c1. The van der Waals surface area contributed by atoms with Gasteiger partial charge in [0, 0.05) is 18.2 Å². The van der Waals surface area contributed by atoms with Crippen molar-refractivity contribution in [1.29, 1.82) is 0 Å². The zero-order valence-electron chi connectivity index (χ0n) is 11.0. The molecule has 0 aliphatic heterocycles. The van der Waals surface area contributed by atoms with E-state index < -0.39 is 29.2 Å². The van der Waals surface area contributed by atoms with Crippen LogP contribution in [0.1, 0.15) is 23.7 Å². The number of halogens is 4. The molecule has 1 aromatic carbocycles. The zero-order valence-corrected chi connectivity index (χ0v) is 11.7. The highest BCUT2D eigenvalue weighted by Gasteiger charge is 2.33. The number of nitro benzene ring substituents is 1. The Labute approximate surface area is 123 Å². The Bertz CT molecular complexity index is 549. The standard InChI is InChI=1S/C12H12ClF3N2O3/c1-2-5-17(7-12(14,15)16)11(19)8-3-4-10(18(20)21)9(13)6-8/h3-4,6H,2,5,7H2,1H3. The molecule has 1 amide bonds. The maximum atomic E-state index is 12.4. The van der Waals surface area contributed by atoms with Crippen LogP contribution < -0.4 is 0 Å². The van der Waals surface area contributed by atoms with Crippen LogP contribution in [0, 0.1) is 10.1 Å². The van der Waals surface area contributed by atoms with Gasteiger partial charge in [-0.3, -0.25) is 14.9 Å². The Kier molecular flexibility index (Phi) is 5.54. The van der Waals surface area contributed by atoms with Crippen molar-refractivity contribution in [3.8, 4) is 0 Å². The smallest absolute Gasteiger partial charge is 0.330 e. The fourth-order valence-electron chi connectivity index (χ4n) is 1.71. The summed E-state index contributed by atoms with van der Waals surface area (Å²) >= 11 is 5.65. The molecule has 0 fully saturated rings. The second-order valence-electron chi connectivity index (χ2n) is 4.27. The van der Waals surface area contributed by atoms with Crippen molar-refractivity contribution >= 4 is 23.2 Å². The minimum Gasteiger partial charge on any atom is -0.330 e. The second-order valence-corrected chi connectivity index (χ2v) is 4.67. The molecule has 5 nitrogen and oxygen atoms in total. The number of nitrogens with zero attached hydrogens (tertiary/aromatic N) is 2. The average Bonchev–Trinajstić information content (AvgIpc) is 2.35. The van der Waals surface area contributed by atoms with Crippen molar-refractivity contribution in [2.45, 2.75) is 19.5 Å². The van der Waals surface area contributed by atoms with E-state index in [2.05, 4.69) is 0 Å². The molecule has 0 heterocycles. The fourth-order valence-corrected chi connectivity index (χ4v) is 1.96. The molecule has 1 rings (SSSR count). The molecule has 0 aliphatic carbocycles. The number of rotatable bonds is 5. The Morgan fingerprint density at radius 1 is 1.43 bits per heavy atom. The summed E-state index contributed by atoms with van der Waals surface area (Å²) in [6.45, 7) is 0.181. The van der Waals surface area contributed by atoms with Gasteiger partial charge < -0.3 is 4.90 Å². The second kappa shape index (κ2) is 6.75. The molecule has 0 spiro atoms. The van der Waals surface area contributed by atoms with E-state index in [0.29, 0.717) is 11.3 Å². The first-order valence-electron chi connectivity index (χ1n) is 5.95. The highest BCUT2D eigenvalue weighted by atomic mass is 35.5. The first-order valence-corrected chi connectivity index (χ1v) is 6.33. The van der Waals surface area contributed by atoms with E-state index in [4.69, 9.17) is 11.6 Å². The van der Waals surface area contributed by atoms with Crippen molar-refractivity contribution in [2.24, 2.45) is 0 Å². The zero-order chi connectivity index (χ0) is 16.2. The van der Waals surface area contributed by atoms with Crippen molar-refractivity contribution < 1.29 is 22.9 Å². The predicted octanol–water partition coefficient (Wildman–Crippen LogP) is 3.66. The Hall–Kier alpha value is -1.83. The van der Waals surface area contributed by atoms with Crippen LogP contribution in [0.4, 0.5) is 18.9 Å². The van der Waals surface area contributed by atoms with Gasteiger partial charge in [-0.1, -0.05) is 18.5 Å². The molecule has 116 valence electrons. The maximum Gasteiger partial charge on any atom is 0.406 e. The molecule has 0 aromatic heterocycles. The van der Waals surface area contributed by atoms with Gasteiger partial charge in [-0.25, -0.2) is 0 Å². The van der Waals surface area contributed by atoms with Crippen LogP contribution in [-0.2, 0) is 0 Å². The van der Waals surface area contributed by atoms with E-state index in [1.165, 1.54) is 0 Å². The highest BCUT2D eigenvalue weighted by molar-refractivity contribution is 6.33. The van der Waals surface area contributed by atoms with E-state index >= 15 is 0 Å². The third-order valence-electron chi connectivity index (χ3n) is 2.54. The minimum atomic E-state index is -4.52. The van der Waals surface area contributed by atoms with Crippen LogP contribution in [0.15, 0.2) is 18.2 Å². The van der Waals surface area contributed by atoms with Crippen molar-refractivity contribution in [3.63, 3.8) is 0 Å². The van der Waals surface area contributed by atoms with Crippen LogP contribution in [0.3, 0.4) is 0 Å². The lowest BCUT2D eigenvalue weighted by atomic mass is 10.1. The molecule has 0 saturated carbocycles. The monoisotopic (exact) mass is 324 g/mol. The van der Waals surface area contributed by atoms with Crippen LogP contribution >= 0.6 is 11.6 Å². The largest absolute Gasteiger partial charge is 0.406 e. The van der Waals surface area contributed by atoms with Gasteiger partial charge in [0.2, 0.25) is 0 Å². The first-order chi connectivity index (χ1) is 9.65. The predicted molar refractivity (Wildman–Crippen MR) is 70.4 cm³/mol. The number of carbonyl (C=O) groups excluding carboxylic acids is 1. The summed E-state index contributed by atoms with van der Waals surface area (Å²) in [5, 5.41) is 10.3. The quantitative estimate of drug-likeness (QED) is 0.613. The normalized spacial score (nSPS) is 11.3. The molecule has 0 atom stereocenters. The summed E-state index contributed by atoms with van der Waals surface area (Å²) in [5.74, 6) is -0.869. The summed E-state index contributed by atoms with van der Waals surface area (Å²) < 4.78 is 37.3. The summed E-state index contributed by atoms with van der Waals surface area (Å²) in [5.41, 5.74) is -0.533. The molecule has 21 heavy (non-hydrogen) atoms. The number of amides is 1. The molecule has 0 aliphatic rings. The number of carbonyl (C=O) groups is 1. The van der Waals surface area contributed by atoms with Crippen LogP contribution in [0.2, 0.25) is 5.02 Å². The maximum absolute atomic E-state index is 12.4. The van der Waals surface area contributed by atoms with E-state index in [9.17, 15) is 28.1 Å². The van der Waals surface area contributed by atoms with Gasteiger partial charge in [0.1, 0.15) is 11.6 Å². The van der Waals surface area contributed by atoms with Crippen LogP contribution in [0.25, 0.3) is 0 Å². The molecule has 0 bridgehead atoms. The number of nitro groups is 1. The summed E-state index contributed by atoms with van der Waals surface area (Å²) in [4.78, 5) is 22.5. The van der Waals surface area contributed by atoms with Gasteiger partial charge in [0.05, 0.1) is 4.92 Å². The van der Waals surface area contributed by atoms with Crippen molar-refractivity contribution in [1.82, 2.24) is 4.90 Å². The fraction of sp³-hybridized carbons (Fsp3) is 0.417. The van der Waals surface area contributed by atoms with E-state index in [-0.39, 0.29) is 17.1 Å². The Balaban J connectivity index is 3.04. The van der Waals surface area contributed by atoms with E-state index in [1.807, 2.05) is 0 Å². The molecule has 9 heteroatoms. The van der Waals surface area contributed by atoms with Gasteiger partial charge in [-0.15, -0.1) is 0 Å². The molecule has 0 N–H and O–H groups in total. The first kappa shape index (κ1) is 17.2. The minimum absolute atomic E-state index is 0.0764. The van der Waals surface area contributed by atoms with Crippen molar-refractivity contribution in [3.05, 3.63) is 38.9 Å². The van der Waals surface area contributed by atoms with Gasteiger partial charge in [0.25, 0.3) is 11.6 Å². The summed E-state index contributed by atoms with van der Waals surface area (Å²) in [7, 11) is 0. The molecule has 1 aromatic rings. The highest BCUT2D eigenvalue weighted by Crippen LogP contribution is 2.26. The van der Waals surface area contributed by atoms with Crippen molar-refractivity contribution in [2.75, 3.05) is 13.1 Å². The Morgan fingerprint density at radius 3 is 2.48 bits per heavy atom. The third kappa shape index (κ3) is 4.89. The number of hydrogen-bond donors (Lipinski definition) is 0. The summed E-state index contributed by atoms with van der Waals surface area (Å²) in [6.07, 6.45) is -4.17. The van der Waals surface area contributed by atoms with Crippen LogP contribution in [0.5, 0.6) is 0 Å². The number of benzene rings is 1. The molecule has 0 unspecified atom stereocenters. The molecule has 0 saturated heterocycles. The molecule has 0 radical (unpaired) electrons. The lowest BCUT2D eigenvalue weighted by Crippen LogP contribution is -2.39. The van der Waals surface area contributed by atoms with Gasteiger partial charge in [-0.2, -0.15) is 13.2 Å². The summed E-state index contributed by atoms with van der Waals surface area (Å²) in [6, 6.07) is 3.08. The van der Waals surface area contributed by atoms with Gasteiger partial charge in [0.15, 0.2) is 0 Å². The molecular formula is C12H12ClF3N2O3. The Morgan fingerprint density at radius 2 is 2.05 bits per heavy atom. The molecular weight excluding hydrogens is 313 g/mol. The average molecular weight is 325 g/mol. The third-order valence-corrected chi connectivity index (χ3v) is 2.84. The van der Waals surface area contributed by atoms with E-state index in [0.717, 1.165) is 18.2 Å². The lowest BCUT2D eigenvalue weighted by Gasteiger charge is -2.23. The topological polar surface area (TPSA) is 63.5 Å². The van der Waals surface area contributed by atoms with Gasteiger partial charge in [-0.05, 0) is 18.6 Å². The number of hydrogen-bond acceptors (Lipinski definition) is 3. The number of alkyl halides is 3. The van der Waals surface area contributed by atoms with E-state index in [1.54, 1.807) is 6.92 Å².